The van der Waals surface area contributed by atoms with Crippen molar-refractivity contribution in [3.63, 3.8) is 0 Å². The number of hydrogen-bond donors (Lipinski definition) is 0. The summed E-state index contributed by atoms with van der Waals surface area (Å²) in [6.45, 7) is 10.3. The summed E-state index contributed by atoms with van der Waals surface area (Å²) < 4.78 is 11.1. The van der Waals surface area contributed by atoms with E-state index in [1.807, 2.05) is 12.5 Å². The third kappa shape index (κ3) is 2.20. The van der Waals surface area contributed by atoms with Gasteiger partial charge in [0.2, 0.25) is 0 Å². The molecule has 0 aliphatic heterocycles. The normalized spacial score (nSPS) is 41.0. The molecular weight excluding hydrogens is 328 g/mol. The fourth-order valence-electron chi connectivity index (χ4n) is 7.13. The number of fused-ring (bicyclic) bond motifs is 5. The van der Waals surface area contributed by atoms with Crippen molar-refractivity contribution in [2.24, 2.45) is 22.7 Å². The maximum absolute atomic E-state index is 13.1. The molecule has 3 aliphatic carbocycles. The van der Waals surface area contributed by atoms with E-state index in [9.17, 15) is 9.59 Å². The molecule has 142 valence electrons. The van der Waals surface area contributed by atoms with Gasteiger partial charge >= 0.3 is 5.97 Å². The van der Waals surface area contributed by atoms with Gasteiger partial charge in [-0.05, 0) is 59.5 Å². The van der Waals surface area contributed by atoms with Crippen LogP contribution in [0.3, 0.4) is 0 Å². The predicted octanol–water partition coefficient (Wildman–Crippen LogP) is 4.45. The first-order valence-electron chi connectivity index (χ1n) is 9.86. The van der Waals surface area contributed by atoms with Crippen molar-refractivity contribution in [2.45, 2.75) is 78.2 Å². The Kier molecular flexibility index (Phi) is 3.74. The zero-order chi connectivity index (χ0) is 18.9. The minimum Gasteiger partial charge on any atom is -0.472 e. The Hall–Kier alpha value is -1.58. The summed E-state index contributed by atoms with van der Waals surface area (Å²) in [5.74, 6) is 0.538. The summed E-state index contributed by atoms with van der Waals surface area (Å²) in [7, 11) is 0. The molecule has 4 nitrogen and oxygen atoms in total. The molecule has 0 spiro atoms. The molecule has 26 heavy (non-hydrogen) atoms. The molecule has 4 rings (SSSR count). The zero-order valence-electron chi connectivity index (χ0n) is 16.6. The first-order chi connectivity index (χ1) is 12.1. The molecule has 0 amide bonds. The van der Waals surface area contributed by atoms with Crippen molar-refractivity contribution in [3.8, 4) is 0 Å². The Morgan fingerprint density at radius 1 is 1.15 bits per heavy atom. The lowest BCUT2D eigenvalue weighted by atomic mass is 9.40. The van der Waals surface area contributed by atoms with Crippen LogP contribution in [0.5, 0.6) is 0 Å². The quantitative estimate of drug-likeness (QED) is 0.696. The topological polar surface area (TPSA) is 56.5 Å². The van der Waals surface area contributed by atoms with Gasteiger partial charge in [0.15, 0.2) is 11.9 Å². The lowest BCUT2D eigenvalue weighted by Crippen LogP contribution is -2.63. The minimum atomic E-state index is -0.615. The van der Waals surface area contributed by atoms with Crippen LogP contribution in [0.2, 0.25) is 0 Å². The second-order valence-electron chi connectivity index (χ2n) is 9.87. The van der Waals surface area contributed by atoms with Gasteiger partial charge in [0.25, 0.3) is 0 Å². The first-order valence-corrected chi connectivity index (χ1v) is 9.86. The number of rotatable bonds is 1. The Morgan fingerprint density at radius 2 is 1.88 bits per heavy atom. The molecule has 0 N–H and O–H groups in total. The average Bonchev–Trinajstić information content (AvgIpc) is 3.00. The number of carbonyl (C=O) groups is 2. The summed E-state index contributed by atoms with van der Waals surface area (Å²) in [5, 5.41) is 0. The van der Waals surface area contributed by atoms with Gasteiger partial charge in [-0.15, -0.1) is 0 Å². The molecule has 0 unspecified atom stereocenters. The molecule has 0 bridgehead atoms. The van der Waals surface area contributed by atoms with Crippen LogP contribution in [0.15, 0.2) is 16.9 Å². The van der Waals surface area contributed by atoms with Gasteiger partial charge in [0, 0.05) is 18.8 Å². The fraction of sp³-hybridized carbons (Fsp3) is 0.727. The second kappa shape index (κ2) is 5.46. The molecule has 0 aromatic carbocycles. The number of hydrogen-bond acceptors (Lipinski definition) is 4. The molecular formula is C22H30O4. The van der Waals surface area contributed by atoms with E-state index < -0.39 is 6.10 Å². The molecule has 0 radical (unpaired) electrons. The Morgan fingerprint density at radius 3 is 2.58 bits per heavy atom. The average molecular weight is 358 g/mol. The van der Waals surface area contributed by atoms with E-state index in [-0.39, 0.29) is 28.0 Å². The molecule has 2 fully saturated rings. The minimum absolute atomic E-state index is 0.0659. The SMILES string of the molecule is CC(=O)O[C@H]1C(=O)C[C@]2(C)[C@H]3CCc4cocc4[C@]3(C)CC[C@H]2C1(C)C. The Labute approximate surface area is 155 Å². The number of ether oxygens (including phenoxy) is 1. The standard InChI is InChI=1S/C22H30O4/c1-13(23)26-19-16(24)10-22(5)17(20(19,2)3)8-9-21(4)15-12-25-11-14(15)6-7-18(21)22/h11-12,17-19H,6-10H2,1-5H3/t17-,18-,19-,21-,22-/m0/s1. The number of carbonyl (C=O) groups excluding carboxylic acids is 2. The lowest BCUT2D eigenvalue weighted by molar-refractivity contribution is -0.190. The highest BCUT2D eigenvalue weighted by atomic mass is 16.5. The van der Waals surface area contributed by atoms with Crippen molar-refractivity contribution in [2.75, 3.05) is 0 Å². The van der Waals surface area contributed by atoms with Gasteiger partial charge in [-0.2, -0.15) is 0 Å². The lowest BCUT2D eigenvalue weighted by Gasteiger charge is -2.64. The van der Waals surface area contributed by atoms with Crippen molar-refractivity contribution >= 4 is 11.8 Å². The van der Waals surface area contributed by atoms with Crippen LogP contribution in [0.4, 0.5) is 0 Å². The smallest absolute Gasteiger partial charge is 0.303 e. The molecule has 1 heterocycles. The molecule has 3 aliphatic rings. The Balaban J connectivity index is 1.76. The summed E-state index contributed by atoms with van der Waals surface area (Å²) in [4.78, 5) is 24.7. The van der Waals surface area contributed by atoms with Crippen LogP contribution in [0.25, 0.3) is 0 Å². The van der Waals surface area contributed by atoms with Crippen LogP contribution in [-0.2, 0) is 26.2 Å². The summed E-state index contributed by atoms with van der Waals surface area (Å²) in [6, 6.07) is 0. The third-order valence-electron chi connectivity index (χ3n) is 8.08. The third-order valence-corrected chi connectivity index (χ3v) is 8.08. The van der Waals surface area contributed by atoms with Crippen LogP contribution in [-0.4, -0.2) is 17.9 Å². The van der Waals surface area contributed by atoms with E-state index >= 15 is 0 Å². The zero-order valence-corrected chi connectivity index (χ0v) is 16.6. The van der Waals surface area contributed by atoms with E-state index in [0.717, 1.165) is 25.7 Å². The van der Waals surface area contributed by atoms with Crippen LogP contribution in [0, 0.1) is 22.7 Å². The van der Waals surface area contributed by atoms with Gasteiger partial charge < -0.3 is 9.15 Å². The largest absolute Gasteiger partial charge is 0.472 e. The van der Waals surface area contributed by atoms with E-state index in [1.54, 1.807) is 0 Å². The van der Waals surface area contributed by atoms with Gasteiger partial charge in [-0.1, -0.05) is 27.7 Å². The highest BCUT2D eigenvalue weighted by molar-refractivity contribution is 5.88. The summed E-state index contributed by atoms with van der Waals surface area (Å²) in [6.07, 6.45) is 7.98. The molecule has 0 saturated heterocycles. The number of ketones is 1. The van der Waals surface area contributed by atoms with E-state index in [2.05, 4.69) is 27.7 Å². The van der Waals surface area contributed by atoms with Crippen LogP contribution in [0.1, 0.15) is 71.4 Å². The van der Waals surface area contributed by atoms with Crippen molar-refractivity contribution in [1.82, 2.24) is 0 Å². The fourth-order valence-corrected chi connectivity index (χ4v) is 7.13. The summed E-state index contributed by atoms with van der Waals surface area (Å²) in [5.41, 5.74) is 2.34. The predicted molar refractivity (Wildman–Crippen MR) is 97.7 cm³/mol. The summed E-state index contributed by atoms with van der Waals surface area (Å²) >= 11 is 0. The van der Waals surface area contributed by atoms with Crippen LogP contribution >= 0.6 is 0 Å². The van der Waals surface area contributed by atoms with Crippen molar-refractivity contribution < 1.29 is 18.7 Å². The Bertz CT molecular complexity index is 760. The van der Waals surface area contributed by atoms with Crippen molar-refractivity contribution in [3.05, 3.63) is 23.7 Å². The second-order valence-corrected chi connectivity index (χ2v) is 9.87. The molecule has 2 saturated carbocycles. The van der Waals surface area contributed by atoms with E-state index in [1.165, 1.54) is 18.1 Å². The van der Waals surface area contributed by atoms with Gasteiger partial charge in [0.05, 0.1) is 12.5 Å². The van der Waals surface area contributed by atoms with Gasteiger partial charge in [0.1, 0.15) is 0 Å². The molecule has 5 atom stereocenters. The van der Waals surface area contributed by atoms with E-state index in [0.29, 0.717) is 18.3 Å². The number of Topliss-reactive ketones (excluding diaryl/α,β-unsaturated/α-hetero) is 1. The molecule has 4 heteroatoms. The number of aryl methyl sites for hydroxylation is 1. The van der Waals surface area contributed by atoms with Crippen molar-refractivity contribution in [1.29, 1.82) is 0 Å². The van der Waals surface area contributed by atoms with Gasteiger partial charge in [-0.3, -0.25) is 9.59 Å². The van der Waals surface area contributed by atoms with E-state index in [4.69, 9.17) is 9.15 Å². The van der Waals surface area contributed by atoms with Gasteiger partial charge in [-0.25, -0.2) is 0 Å². The highest BCUT2D eigenvalue weighted by Crippen LogP contribution is 2.66. The number of esters is 1. The molecule has 1 aromatic heterocycles. The maximum atomic E-state index is 13.1. The monoisotopic (exact) mass is 358 g/mol. The van der Waals surface area contributed by atoms with Crippen LogP contribution < -0.4 is 0 Å². The molecule has 1 aromatic rings. The number of furan rings is 1. The highest BCUT2D eigenvalue weighted by Gasteiger charge is 2.64. The first kappa shape index (κ1) is 17.8. The maximum Gasteiger partial charge on any atom is 0.303 e.